The van der Waals surface area contributed by atoms with Crippen molar-refractivity contribution in [1.29, 1.82) is 0 Å². The van der Waals surface area contributed by atoms with E-state index in [1.54, 1.807) is 0 Å². The van der Waals surface area contributed by atoms with Gasteiger partial charge >= 0.3 is 5.66 Å². The van der Waals surface area contributed by atoms with E-state index in [1.807, 2.05) is 0 Å². The van der Waals surface area contributed by atoms with E-state index in [0.717, 1.165) is 0 Å². The third kappa shape index (κ3) is 2.00. The van der Waals surface area contributed by atoms with E-state index in [-0.39, 0.29) is 0 Å². The highest BCUT2D eigenvalue weighted by molar-refractivity contribution is 5.92. The van der Waals surface area contributed by atoms with Gasteiger partial charge in [0.2, 0.25) is 11.4 Å². The quantitative estimate of drug-likeness (QED) is 0.198. The topological polar surface area (TPSA) is 7.76 Å². The van der Waals surface area contributed by atoms with E-state index in [2.05, 4.69) is 145 Å². The van der Waals surface area contributed by atoms with E-state index < -0.39 is 11.1 Å². The number of pyridine rings is 2. The largest absolute Gasteiger partial charge is 0.418 e. The van der Waals surface area contributed by atoms with Crippen molar-refractivity contribution in [3.8, 4) is 33.6 Å². The first kappa shape index (κ1) is 21.1. The third-order valence-electron chi connectivity index (χ3n) is 10.0. The lowest BCUT2D eigenvalue weighted by molar-refractivity contribution is -0.955. The number of aromatic nitrogens is 2. The summed E-state index contributed by atoms with van der Waals surface area (Å²) in [5.74, 6) is 0. The zero-order chi connectivity index (χ0) is 26.4. The second-order valence-corrected chi connectivity index (χ2v) is 11.9. The molecule has 4 aromatic carbocycles. The van der Waals surface area contributed by atoms with Crippen LogP contribution in [0, 0.1) is 13.8 Å². The molecule has 2 heteroatoms. The predicted molar refractivity (Wildman–Crippen MR) is 156 cm³/mol. The zero-order valence-electron chi connectivity index (χ0n) is 22.4. The fourth-order valence-corrected chi connectivity index (χ4v) is 8.84. The molecule has 0 radical (unpaired) electrons. The van der Waals surface area contributed by atoms with Gasteiger partial charge in [0.15, 0.2) is 12.4 Å². The van der Waals surface area contributed by atoms with Crippen LogP contribution in [0.3, 0.4) is 0 Å². The van der Waals surface area contributed by atoms with Crippen molar-refractivity contribution < 1.29 is 9.13 Å². The van der Waals surface area contributed by atoms with Crippen LogP contribution >= 0.6 is 0 Å². The van der Waals surface area contributed by atoms with Gasteiger partial charge in [-0.15, -0.1) is 9.13 Å². The van der Waals surface area contributed by atoms with Crippen molar-refractivity contribution in [3.63, 3.8) is 0 Å². The molecular formula is C38H26N2+2. The molecule has 0 N–H and O–H groups in total. The van der Waals surface area contributed by atoms with E-state index in [4.69, 9.17) is 0 Å². The van der Waals surface area contributed by atoms with E-state index in [9.17, 15) is 0 Å². The number of nitrogens with zero attached hydrogens (tertiary/aromatic N) is 2. The average Bonchev–Trinajstić information content (AvgIpc) is 3.56. The van der Waals surface area contributed by atoms with Crippen molar-refractivity contribution in [1.82, 2.24) is 0 Å². The van der Waals surface area contributed by atoms with Crippen LogP contribution in [0.5, 0.6) is 0 Å². The molecule has 4 heterocycles. The minimum Gasteiger partial charge on any atom is -0.126 e. The van der Waals surface area contributed by atoms with Gasteiger partial charge in [-0.05, 0) is 77.1 Å². The van der Waals surface area contributed by atoms with E-state index in [1.165, 1.54) is 78.1 Å². The number of hydrogen-bond acceptors (Lipinski definition) is 0. The molecule has 186 valence electrons. The highest BCUT2D eigenvalue weighted by atomic mass is 15.3. The molecule has 0 saturated heterocycles. The van der Waals surface area contributed by atoms with Crippen molar-refractivity contribution in [2.24, 2.45) is 0 Å². The molecule has 2 spiro atoms. The van der Waals surface area contributed by atoms with Crippen LogP contribution in [0.2, 0.25) is 0 Å². The van der Waals surface area contributed by atoms with Gasteiger partial charge < -0.3 is 0 Å². The molecule has 6 aromatic rings. The van der Waals surface area contributed by atoms with Gasteiger partial charge in [0.05, 0.1) is 16.5 Å². The minimum atomic E-state index is -0.472. The summed E-state index contributed by atoms with van der Waals surface area (Å²) < 4.78 is 5.13. The Morgan fingerprint density at radius 3 is 1.93 bits per heavy atom. The lowest BCUT2D eigenvalue weighted by Crippen LogP contribution is -2.73. The normalized spacial score (nSPS) is 18.6. The minimum absolute atomic E-state index is 0.390. The van der Waals surface area contributed by atoms with Gasteiger partial charge in [0, 0.05) is 23.8 Å². The first-order chi connectivity index (χ1) is 19.7. The van der Waals surface area contributed by atoms with Crippen LogP contribution in [0.25, 0.3) is 33.6 Å². The summed E-state index contributed by atoms with van der Waals surface area (Å²) in [6.07, 6.45) is 4.67. The van der Waals surface area contributed by atoms with Gasteiger partial charge in [0.25, 0.3) is 0 Å². The third-order valence-corrected chi connectivity index (χ3v) is 10.0. The molecule has 4 aliphatic rings. The first-order valence-electron chi connectivity index (χ1n) is 14.2. The molecule has 10 rings (SSSR count). The molecule has 0 bridgehead atoms. The van der Waals surface area contributed by atoms with Gasteiger partial charge in [0.1, 0.15) is 11.1 Å². The number of rotatable bonds is 0. The van der Waals surface area contributed by atoms with E-state index in [0.29, 0.717) is 0 Å². The first-order valence-corrected chi connectivity index (χ1v) is 14.2. The Morgan fingerprint density at radius 2 is 1.12 bits per heavy atom. The second kappa shape index (κ2) is 6.66. The molecule has 0 saturated carbocycles. The Balaban J connectivity index is 1.53. The smallest absolute Gasteiger partial charge is 0.126 e. The maximum absolute atomic E-state index is 2.57. The number of aryl methyl sites for hydroxylation is 2. The maximum atomic E-state index is 2.57. The lowest BCUT2D eigenvalue weighted by atomic mass is 9.58. The molecule has 40 heavy (non-hydrogen) atoms. The Hall–Kier alpha value is -4.82. The lowest BCUT2D eigenvalue weighted by Gasteiger charge is -2.41. The summed E-state index contributed by atoms with van der Waals surface area (Å²) in [4.78, 5) is 0. The Labute approximate surface area is 233 Å². The van der Waals surface area contributed by atoms with Crippen LogP contribution in [0.4, 0.5) is 0 Å². The van der Waals surface area contributed by atoms with Gasteiger partial charge in [-0.3, -0.25) is 0 Å². The number of fused-ring (bicyclic) bond motifs is 11. The Kier molecular flexibility index (Phi) is 3.50. The molecule has 1 atom stereocenters. The molecule has 2 aliphatic heterocycles. The van der Waals surface area contributed by atoms with Gasteiger partial charge in [-0.1, -0.05) is 66.7 Å². The monoisotopic (exact) mass is 510 g/mol. The van der Waals surface area contributed by atoms with Crippen LogP contribution in [-0.4, -0.2) is 0 Å². The van der Waals surface area contributed by atoms with Gasteiger partial charge in [-0.25, -0.2) is 0 Å². The van der Waals surface area contributed by atoms with Crippen molar-refractivity contribution >= 4 is 0 Å². The number of hydrogen-bond donors (Lipinski definition) is 0. The molecular weight excluding hydrogens is 484 g/mol. The van der Waals surface area contributed by atoms with Crippen LogP contribution in [0.15, 0.2) is 122 Å². The van der Waals surface area contributed by atoms with Gasteiger partial charge in [-0.2, -0.15) is 0 Å². The molecule has 2 aliphatic carbocycles. The predicted octanol–water partition coefficient (Wildman–Crippen LogP) is 6.81. The molecule has 2 aromatic heterocycles. The highest BCUT2D eigenvalue weighted by Gasteiger charge is 2.73. The van der Waals surface area contributed by atoms with Crippen LogP contribution < -0.4 is 9.13 Å². The molecule has 1 unspecified atom stereocenters. The summed E-state index contributed by atoms with van der Waals surface area (Å²) >= 11 is 0. The molecule has 0 amide bonds. The SMILES string of the molecule is Cc1cc2c3c(c1)C1(c4ccccc4-c4ccccc41)c1cccc4c1C3([n+]1ccccc1-2)[n+]1cc(C)ccc1-4. The fraction of sp³-hybridized carbons (Fsp3) is 0.105. The number of benzene rings is 4. The zero-order valence-corrected chi connectivity index (χ0v) is 22.4. The highest BCUT2D eigenvalue weighted by Crippen LogP contribution is 2.65. The van der Waals surface area contributed by atoms with Crippen LogP contribution in [0.1, 0.15) is 44.5 Å². The summed E-state index contributed by atoms with van der Waals surface area (Å²) in [6.45, 7) is 4.48. The molecule has 2 nitrogen and oxygen atoms in total. The molecule has 0 fully saturated rings. The van der Waals surface area contributed by atoms with Crippen molar-refractivity contribution in [2.45, 2.75) is 24.9 Å². The van der Waals surface area contributed by atoms with Crippen LogP contribution in [-0.2, 0) is 11.1 Å². The van der Waals surface area contributed by atoms with Crippen molar-refractivity contribution in [3.05, 3.63) is 166 Å². The maximum Gasteiger partial charge on any atom is 0.418 e. The summed E-state index contributed by atoms with van der Waals surface area (Å²) in [6, 6.07) is 41.5. The summed E-state index contributed by atoms with van der Waals surface area (Å²) in [5.41, 5.74) is 18.1. The Bertz CT molecular complexity index is 2110. The second-order valence-electron chi connectivity index (χ2n) is 11.9. The van der Waals surface area contributed by atoms with E-state index >= 15 is 0 Å². The summed E-state index contributed by atoms with van der Waals surface area (Å²) in [7, 11) is 0. The van der Waals surface area contributed by atoms with Crippen molar-refractivity contribution in [2.75, 3.05) is 0 Å². The summed E-state index contributed by atoms with van der Waals surface area (Å²) in [5, 5.41) is 0. The standard InChI is InChI=1S/C38H26N2/c1-23-17-18-34-27-12-9-15-31-35(27)38(40(34)22-23)36-28(33-16-7-8-19-39(33)38)20-24(2)21-32(36)37(31)29-13-5-3-10-25(29)26-11-4-6-14-30(26)37/h3-22H,1-2H3/q+2. The Morgan fingerprint density at radius 1 is 0.475 bits per heavy atom. The average molecular weight is 511 g/mol. The fourth-order valence-electron chi connectivity index (χ4n) is 8.84.